The van der Waals surface area contributed by atoms with Crippen molar-refractivity contribution < 1.29 is 14.3 Å². The number of carbonyl (C=O) groups is 1. The molecule has 20 heavy (non-hydrogen) atoms. The summed E-state index contributed by atoms with van der Waals surface area (Å²) in [6.07, 6.45) is 3.73. The summed E-state index contributed by atoms with van der Waals surface area (Å²) in [5.41, 5.74) is 7.19. The van der Waals surface area contributed by atoms with Crippen LogP contribution in [0.1, 0.15) is 5.56 Å². The first-order chi connectivity index (χ1) is 9.70. The number of rotatable bonds is 4. The van der Waals surface area contributed by atoms with Crippen LogP contribution in [0.3, 0.4) is 0 Å². The molecule has 6 heteroatoms. The second kappa shape index (κ2) is 5.24. The van der Waals surface area contributed by atoms with E-state index in [2.05, 4.69) is 5.10 Å². The lowest BCUT2D eigenvalue weighted by atomic mass is 10.1. The molecule has 1 aliphatic rings. The van der Waals surface area contributed by atoms with Gasteiger partial charge in [-0.1, -0.05) is 18.2 Å². The zero-order valence-electron chi connectivity index (χ0n) is 10.9. The van der Waals surface area contributed by atoms with E-state index >= 15 is 0 Å². The van der Waals surface area contributed by atoms with Crippen LogP contribution in [0.5, 0.6) is 5.75 Å². The maximum absolute atomic E-state index is 11.7. The molecule has 0 spiro atoms. The number of nitrogens with zero attached hydrogens (tertiary/aromatic N) is 2. The zero-order valence-corrected chi connectivity index (χ0v) is 10.9. The summed E-state index contributed by atoms with van der Waals surface area (Å²) in [7, 11) is 0. The van der Waals surface area contributed by atoms with Gasteiger partial charge in [-0.15, -0.1) is 0 Å². The van der Waals surface area contributed by atoms with Gasteiger partial charge >= 0.3 is 5.97 Å². The average molecular weight is 273 g/mol. The van der Waals surface area contributed by atoms with E-state index in [1.165, 1.54) is 10.9 Å². The van der Waals surface area contributed by atoms with Gasteiger partial charge in [0.05, 0.1) is 11.9 Å². The van der Waals surface area contributed by atoms with Gasteiger partial charge in [0.1, 0.15) is 25.0 Å². The molecule has 1 aromatic heterocycles. The fourth-order valence-electron chi connectivity index (χ4n) is 2.18. The maximum atomic E-state index is 11.7. The normalized spacial score (nSPS) is 16.5. The fraction of sp³-hybridized carbons (Fsp3) is 0.286. The number of hydrogen-bond acceptors (Lipinski definition) is 5. The molecule has 1 aliphatic heterocycles. The Morgan fingerprint density at radius 2 is 2.35 bits per heavy atom. The third-order valence-corrected chi connectivity index (χ3v) is 3.09. The highest BCUT2D eigenvalue weighted by atomic mass is 16.6. The van der Waals surface area contributed by atoms with Crippen LogP contribution in [0, 0.1) is 0 Å². The molecule has 1 aromatic carbocycles. The lowest BCUT2D eigenvalue weighted by Crippen LogP contribution is -2.24. The van der Waals surface area contributed by atoms with Crippen LogP contribution < -0.4 is 10.5 Å². The van der Waals surface area contributed by atoms with E-state index in [0.29, 0.717) is 5.69 Å². The molecular formula is C14H15N3O3. The smallest absolute Gasteiger partial charge is 0.327 e. The molecule has 0 bridgehead atoms. The van der Waals surface area contributed by atoms with E-state index < -0.39 is 0 Å². The van der Waals surface area contributed by atoms with Crippen LogP contribution in [0.2, 0.25) is 0 Å². The molecule has 0 saturated heterocycles. The van der Waals surface area contributed by atoms with Gasteiger partial charge in [-0.2, -0.15) is 5.10 Å². The highest BCUT2D eigenvalue weighted by molar-refractivity contribution is 5.69. The summed E-state index contributed by atoms with van der Waals surface area (Å²) in [6, 6.07) is 7.83. The number of esters is 1. The lowest BCUT2D eigenvalue weighted by molar-refractivity contribution is -0.146. The van der Waals surface area contributed by atoms with Gasteiger partial charge in [-0.25, -0.2) is 0 Å². The molecule has 0 aliphatic carbocycles. The molecule has 2 heterocycles. The van der Waals surface area contributed by atoms with Crippen molar-refractivity contribution in [2.45, 2.75) is 19.1 Å². The van der Waals surface area contributed by atoms with E-state index in [9.17, 15) is 4.79 Å². The van der Waals surface area contributed by atoms with E-state index in [1.807, 2.05) is 24.3 Å². The van der Waals surface area contributed by atoms with Crippen molar-refractivity contribution in [3.63, 3.8) is 0 Å². The number of ether oxygens (including phenoxy) is 2. The summed E-state index contributed by atoms with van der Waals surface area (Å²) in [4.78, 5) is 11.7. The van der Waals surface area contributed by atoms with Gasteiger partial charge in [0.15, 0.2) is 0 Å². The summed E-state index contributed by atoms with van der Waals surface area (Å²) >= 11 is 0. The molecule has 0 fully saturated rings. The van der Waals surface area contributed by atoms with Crippen LogP contribution in [0.4, 0.5) is 5.69 Å². The third-order valence-electron chi connectivity index (χ3n) is 3.09. The molecule has 1 unspecified atom stereocenters. The van der Waals surface area contributed by atoms with Crippen LogP contribution in [-0.4, -0.2) is 28.5 Å². The Kier molecular flexibility index (Phi) is 3.28. The SMILES string of the molecule is Nc1cnn(CC(=O)OCC2Cc3ccccc3O2)c1. The zero-order chi connectivity index (χ0) is 13.9. The van der Waals surface area contributed by atoms with Crippen LogP contribution in [0.25, 0.3) is 0 Å². The number of aromatic nitrogens is 2. The van der Waals surface area contributed by atoms with Crippen molar-refractivity contribution in [1.29, 1.82) is 0 Å². The Morgan fingerprint density at radius 1 is 1.50 bits per heavy atom. The Labute approximate surface area is 116 Å². The van der Waals surface area contributed by atoms with Gasteiger partial charge in [-0.3, -0.25) is 9.48 Å². The van der Waals surface area contributed by atoms with Gasteiger partial charge in [0.2, 0.25) is 0 Å². The summed E-state index contributed by atoms with van der Waals surface area (Å²) in [5, 5.41) is 3.93. The lowest BCUT2D eigenvalue weighted by Gasteiger charge is -2.11. The molecule has 0 saturated carbocycles. The highest BCUT2D eigenvalue weighted by Crippen LogP contribution is 2.28. The molecule has 104 valence electrons. The van der Waals surface area contributed by atoms with Gasteiger partial charge in [-0.05, 0) is 11.6 Å². The average Bonchev–Trinajstić information content (AvgIpc) is 3.02. The first-order valence-corrected chi connectivity index (χ1v) is 6.39. The van der Waals surface area contributed by atoms with E-state index in [4.69, 9.17) is 15.2 Å². The summed E-state index contributed by atoms with van der Waals surface area (Å²) in [5.74, 6) is 0.515. The first-order valence-electron chi connectivity index (χ1n) is 6.39. The quantitative estimate of drug-likeness (QED) is 0.841. The number of carbonyl (C=O) groups excluding carboxylic acids is 1. The number of para-hydroxylation sites is 1. The first kappa shape index (κ1) is 12.5. The number of nitrogen functional groups attached to an aromatic ring is 1. The second-order valence-electron chi connectivity index (χ2n) is 4.71. The number of anilines is 1. The van der Waals surface area contributed by atoms with Gasteiger partial charge in [0, 0.05) is 12.6 Å². The predicted molar refractivity (Wildman–Crippen MR) is 72.2 cm³/mol. The Balaban J connectivity index is 1.48. The largest absolute Gasteiger partial charge is 0.486 e. The molecule has 6 nitrogen and oxygen atoms in total. The minimum Gasteiger partial charge on any atom is -0.486 e. The summed E-state index contributed by atoms with van der Waals surface area (Å²) in [6.45, 7) is 0.293. The van der Waals surface area contributed by atoms with Crippen molar-refractivity contribution in [2.75, 3.05) is 12.3 Å². The minimum absolute atomic E-state index is 0.0524. The van der Waals surface area contributed by atoms with E-state index in [0.717, 1.165) is 17.7 Å². The van der Waals surface area contributed by atoms with Gasteiger partial charge in [0.25, 0.3) is 0 Å². The molecule has 2 aromatic rings. The molecular weight excluding hydrogens is 258 g/mol. The van der Waals surface area contributed by atoms with Crippen molar-refractivity contribution in [1.82, 2.24) is 9.78 Å². The number of hydrogen-bond donors (Lipinski definition) is 1. The number of nitrogens with two attached hydrogens (primary N) is 1. The van der Waals surface area contributed by atoms with Crippen LogP contribution in [0.15, 0.2) is 36.7 Å². The Bertz CT molecular complexity index is 599. The molecule has 0 amide bonds. The summed E-state index contributed by atoms with van der Waals surface area (Å²) < 4.78 is 12.3. The van der Waals surface area contributed by atoms with Gasteiger partial charge < -0.3 is 15.2 Å². The molecule has 1 atom stereocenters. The standard InChI is InChI=1S/C14H15N3O3/c15-11-6-16-17(7-11)8-14(18)19-9-12-5-10-3-1-2-4-13(10)20-12/h1-4,6-7,12H,5,8-9,15H2. The number of fused-ring (bicyclic) bond motifs is 1. The van der Waals surface area contributed by atoms with E-state index in [-0.39, 0.29) is 25.2 Å². The van der Waals surface area contributed by atoms with Crippen molar-refractivity contribution >= 4 is 11.7 Å². The van der Waals surface area contributed by atoms with Crippen molar-refractivity contribution in [3.05, 3.63) is 42.2 Å². The van der Waals surface area contributed by atoms with Crippen LogP contribution in [-0.2, 0) is 22.5 Å². The predicted octanol–water partition coefficient (Wildman–Crippen LogP) is 1.01. The Morgan fingerprint density at radius 3 is 3.10 bits per heavy atom. The Hall–Kier alpha value is -2.50. The highest BCUT2D eigenvalue weighted by Gasteiger charge is 2.23. The van der Waals surface area contributed by atoms with Crippen LogP contribution >= 0.6 is 0 Å². The minimum atomic E-state index is -0.354. The topological polar surface area (TPSA) is 79.4 Å². The van der Waals surface area contributed by atoms with E-state index in [1.54, 1.807) is 6.20 Å². The molecule has 2 N–H and O–H groups in total. The molecule has 0 radical (unpaired) electrons. The monoisotopic (exact) mass is 273 g/mol. The molecule has 3 rings (SSSR count). The third kappa shape index (κ3) is 2.74. The van der Waals surface area contributed by atoms with Crippen molar-refractivity contribution in [3.8, 4) is 5.75 Å². The number of benzene rings is 1. The fourth-order valence-corrected chi connectivity index (χ4v) is 2.18. The second-order valence-corrected chi connectivity index (χ2v) is 4.71. The van der Waals surface area contributed by atoms with Crippen molar-refractivity contribution in [2.24, 2.45) is 0 Å². The maximum Gasteiger partial charge on any atom is 0.327 e.